The quantitative estimate of drug-likeness (QED) is 0.525. The van der Waals surface area contributed by atoms with Gasteiger partial charge in [0.15, 0.2) is 0 Å². The van der Waals surface area contributed by atoms with Gasteiger partial charge in [-0.05, 0) is 13.8 Å². The van der Waals surface area contributed by atoms with Gasteiger partial charge in [-0.25, -0.2) is 9.97 Å². The molecule has 0 bridgehead atoms. The molecule has 1 aromatic heterocycles. The number of rotatable bonds is 3. The third-order valence-corrected chi connectivity index (χ3v) is 1.28. The maximum Gasteiger partial charge on any atom is 0.316 e. The van der Waals surface area contributed by atoms with Crippen molar-refractivity contribution in [1.82, 2.24) is 9.97 Å². The molecule has 13 heavy (non-hydrogen) atoms. The fraction of sp³-hybridized carbons (Fsp3) is 0.375. The highest BCUT2D eigenvalue weighted by molar-refractivity contribution is 5.94. The number of hydrogen-bond donors (Lipinski definition) is 2. The monoisotopic (exact) mass is 180 g/mol. The van der Waals surface area contributed by atoms with Gasteiger partial charge in [0.1, 0.15) is 5.84 Å². The van der Waals surface area contributed by atoms with Crippen molar-refractivity contribution >= 4 is 5.84 Å². The van der Waals surface area contributed by atoms with Crippen LogP contribution in [0.25, 0.3) is 0 Å². The van der Waals surface area contributed by atoms with Crippen molar-refractivity contribution in [3.05, 3.63) is 18.0 Å². The van der Waals surface area contributed by atoms with E-state index in [0.717, 1.165) is 0 Å². The van der Waals surface area contributed by atoms with Crippen molar-refractivity contribution in [3.63, 3.8) is 0 Å². The first-order valence-corrected chi connectivity index (χ1v) is 3.92. The SMILES string of the molecule is CC(C)Oc1ncc(C(=N)N)cn1. The van der Waals surface area contributed by atoms with Gasteiger partial charge < -0.3 is 10.5 Å². The lowest BCUT2D eigenvalue weighted by Gasteiger charge is -2.06. The molecule has 0 amide bonds. The molecule has 0 aromatic carbocycles. The highest BCUT2D eigenvalue weighted by Gasteiger charge is 2.01. The summed E-state index contributed by atoms with van der Waals surface area (Å²) in [5.74, 6) is -0.0453. The average molecular weight is 180 g/mol. The van der Waals surface area contributed by atoms with Crippen LogP contribution in [-0.2, 0) is 0 Å². The van der Waals surface area contributed by atoms with Gasteiger partial charge in [0.2, 0.25) is 0 Å². The predicted octanol–water partition coefficient (Wildman–Crippen LogP) is 0.548. The number of nitrogens with two attached hydrogens (primary N) is 1. The maximum atomic E-state index is 7.10. The molecule has 70 valence electrons. The van der Waals surface area contributed by atoms with Crippen molar-refractivity contribution in [1.29, 1.82) is 5.41 Å². The Hall–Kier alpha value is -1.65. The molecule has 0 atom stereocenters. The molecule has 0 radical (unpaired) electrons. The summed E-state index contributed by atoms with van der Waals surface area (Å²) in [6, 6.07) is 0.306. The van der Waals surface area contributed by atoms with Gasteiger partial charge in [-0.3, -0.25) is 5.41 Å². The summed E-state index contributed by atoms with van der Waals surface area (Å²) in [7, 11) is 0. The summed E-state index contributed by atoms with van der Waals surface area (Å²) < 4.78 is 5.22. The highest BCUT2D eigenvalue weighted by Crippen LogP contribution is 2.03. The van der Waals surface area contributed by atoms with E-state index < -0.39 is 0 Å². The molecule has 1 rings (SSSR count). The molecule has 0 aliphatic rings. The fourth-order valence-electron chi connectivity index (χ4n) is 0.727. The number of amidine groups is 1. The van der Waals surface area contributed by atoms with Gasteiger partial charge in [-0.2, -0.15) is 0 Å². The lowest BCUT2D eigenvalue weighted by atomic mass is 10.3. The second kappa shape index (κ2) is 3.84. The summed E-state index contributed by atoms with van der Waals surface area (Å²) in [6.45, 7) is 3.78. The third-order valence-electron chi connectivity index (χ3n) is 1.28. The number of aromatic nitrogens is 2. The van der Waals surface area contributed by atoms with Gasteiger partial charge in [0, 0.05) is 12.4 Å². The van der Waals surface area contributed by atoms with Crippen LogP contribution < -0.4 is 10.5 Å². The van der Waals surface area contributed by atoms with Crippen LogP contribution in [0.5, 0.6) is 6.01 Å². The zero-order valence-electron chi connectivity index (χ0n) is 7.61. The molecule has 1 heterocycles. The van der Waals surface area contributed by atoms with Crippen molar-refractivity contribution < 1.29 is 4.74 Å². The van der Waals surface area contributed by atoms with Gasteiger partial charge in [0.05, 0.1) is 11.7 Å². The smallest absolute Gasteiger partial charge is 0.316 e. The standard InChI is InChI=1S/C8H12N4O/c1-5(2)13-8-11-3-6(4-12-8)7(9)10/h3-5H,1-2H3,(H3,9,10). The molecule has 0 saturated carbocycles. The first kappa shape index (κ1) is 9.44. The van der Waals surface area contributed by atoms with Crippen LogP contribution in [0.2, 0.25) is 0 Å². The highest BCUT2D eigenvalue weighted by atomic mass is 16.5. The summed E-state index contributed by atoms with van der Waals surface area (Å²) >= 11 is 0. The van der Waals surface area contributed by atoms with Crippen LogP contribution in [0.3, 0.4) is 0 Å². The van der Waals surface area contributed by atoms with Crippen molar-refractivity contribution in [2.45, 2.75) is 20.0 Å². The van der Waals surface area contributed by atoms with E-state index in [-0.39, 0.29) is 11.9 Å². The number of nitrogen functional groups attached to an aromatic ring is 1. The van der Waals surface area contributed by atoms with Crippen molar-refractivity contribution in [3.8, 4) is 6.01 Å². The van der Waals surface area contributed by atoms with Gasteiger partial charge >= 0.3 is 6.01 Å². The lowest BCUT2D eigenvalue weighted by molar-refractivity contribution is 0.222. The summed E-state index contributed by atoms with van der Waals surface area (Å²) in [5, 5.41) is 7.10. The minimum Gasteiger partial charge on any atom is -0.461 e. The molecule has 0 aliphatic carbocycles. The summed E-state index contributed by atoms with van der Waals surface area (Å²) in [5.41, 5.74) is 5.72. The Kier molecular flexibility index (Phi) is 2.79. The summed E-state index contributed by atoms with van der Waals surface area (Å²) in [4.78, 5) is 7.77. The molecule has 0 saturated heterocycles. The number of ether oxygens (including phenoxy) is 1. The molecular formula is C8H12N4O. The molecule has 0 aliphatic heterocycles. The number of hydrogen-bond acceptors (Lipinski definition) is 4. The van der Waals surface area contributed by atoms with E-state index in [0.29, 0.717) is 11.6 Å². The lowest BCUT2D eigenvalue weighted by Crippen LogP contribution is -2.13. The van der Waals surface area contributed by atoms with E-state index in [1.807, 2.05) is 13.8 Å². The molecule has 5 heteroatoms. The zero-order valence-corrected chi connectivity index (χ0v) is 7.61. The Morgan fingerprint density at radius 2 is 2.00 bits per heavy atom. The molecular weight excluding hydrogens is 168 g/mol. The van der Waals surface area contributed by atoms with E-state index in [2.05, 4.69) is 9.97 Å². The first-order chi connectivity index (χ1) is 6.09. The Bertz CT molecular complexity index is 294. The second-order valence-corrected chi connectivity index (χ2v) is 2.83. The van der Waals surface area contributed by atoms with Crippen LogP contribution in [-0.4, -0.2) is 21.9 Å². The van der Waals surface area contributed by atoms with E-state index in [1.165, 1.54) is 12.4 Å². The number of nitrogens with zero attached hydrogens (tertiary/aromatic N) is 2. The first-order valence-electron chi connectivity index (χ1n) is 3.92. The molecule has 0 fully saturated rings. The van der Waals surface area contributed by atoms with Crippen LogP contribution >= 0.6 is 0 Å². The van der Waals surface area contributed by atoms with Crippen LogP contribution in [0, 0.1) is 5.41 Å². The normalized spacial score (nSPS) is 10.1. The van der Waals surface area contributed by atoms with E-state index in [9.17, 15) is 0 Å². The van der Waals surface area contributed by atoms with Gasteiger partial charge in [-0.15, -0.1) is 0 Å². The van der Waals surface area contributed by atoms with Crippen molar-refractivity contribution in [2.75, 3.05) is 0 Å². The largest absolute Gasteiger partial charge is 0.461 e. The Morgan fingerprint density at radius 3 is 2.38 bits per heavy atom. The third kappa shape index (κ3) is 2.70. The van der Waals surface area contributed by atoms with E-state index >= 15 is 0 Å². The number of nitrogens with one attached hydrogen (secondary N) is 1. The Balaban J connectivity index is 2.75. The Labute approximate surface area is 76.5 Å². The Morgan fingerprint density at radius 1 is 1.46 bits per heavy atom. The van der Waals surface area contributed by atoms with E-state index in [4.69, 9.17) is 15.9 Å². The van der Waals surface area contributed by atoms with Crippen LogP contribution in [0.15, 0.2) is 12.4 Å². The minimum atomic E-state index is -0.0453. The molecule has 3 N–H and O–H groups in total. The zero-order chi connectivity index (χ0) is 9.84. The van der Waals surface area contributed by atoms with E-state index in [1.54, 1.807) is 0 Å². The summed E-state index contributed by atoms with van der Waals surface area (Å²) in [6.07, 6.45) is 2.98. The van der Waals surface area contributed by atoms with Crippen molar-refractivity contribution in [2.24, 2.45) is 5.73 Å². The van der Waals surface area contributed by atoms with Crippen LogP contribution in [0.1, 0.15) is 19.4 Å². The van der Waals surface area contributed by atoms with Crippen LogP contribution in [0.4, 0.5) is 0 Å². The molecule has 0 spiro atoms. The average Bonchev–Trinajstić information content (AvgIpc) is 2.04. The molecule has 5 nitrogen and oxygen atoms in total. The molecule has 1 aromatic rings. The second-order valence-electron chi connectivity index (χ2n) is 2.83. The minimum absolute atomic E-state index is 0.0446. The van der Waals surface area contributed by atoms with Gasteiger partial charge in [0.25, 0.3) is 0 Å². The predicted molar refractivity (Wildman–Crippen MR) is 48.8 cm³/mol. The maximum absolute atomic E-state index is 7.10. The molecule has 0 unspecified atom stereocenters. The topological polar surface area (TPSA) is 84.9 Å². The fourth-order valence-corrected chi connectivity index (χ4v) is 0.727. The van der Waals surface area contributed by atoms with Gasteiger partial charge in [-0.1, -0.05) is 0 Å².